The summed E-state index contributed by atoms with van der Waals surface area (Å²) in [6, 6.07) is 13.4. The molecule has 0 aromatic heterocycles. The van der Waals surface area contributed by atoms with Crippen LogP contribution in [0.3, 0.4) is 0 Å². The summed E-state index contributed by atoms with van der Waals surface area (Å²) in [5.41, 5.74) is 4.19. The monoisotopic (exact) mass is 339 g/mol. The first-order valence-electron chi connectivity index (χ1n) is 8.36. The minimum atomic E-state index is -1.02. The SMILES string of the molecule is Cc1cc(OCC(=O)O)ccc1NC(=O)CC1CCc2ccccc21. The summed E-state index contributed by atoms with van der Waals surface area (Å²) in [6.07, 6.45) is 2.50. The molecule has 0 heterocycles. The van der Waals surface area contributed by atoms with E-state index in [1.165, 1.54) is 11.1 Å². The van der Waals surface area contributed by atoms with E-state index < -0.39 is 5.97 Å². The zero-order valence-electron chi connectivity index (χ0n) is 14.1. The zero-order chi connectivity index (χ0) is 17.8. The van der Waals surface area contributed by atoms with Crippen molar-refractivity contribution < 1.29 is 19.4 Å². The molecule has 0 spiro atoms. The topological polar surface area (TPSA) is 75.6 Å². The normalized spacial score (nSPS) is 15.5. The quantitative estimate of drug-likeness (QED) is 0.844. The van der Waals surface area contributed by atoms with Crippen molar-refractivity contribution in [2.24, 2.45) is 0 Å². The van der Waals surface area contributed by atoms with Crippen LogP contribution < -0.4 is 10.1 Å². The van der Waals surface area contributed by atoms with Gasteiger partial charge in [-0.05, 0) is 60.6 Å². The number of amides is 1. The largest absolute Gasteiger partial charge is 0.482 e. The third kappa shape index (κ3) is 4.18. The molecule has 0 fully saturated rings. The van der Waals surface area contributed by atoms with E-state index in [1.54, 1.807) is 18.2 Å². The highest BCUT2D eigenvalue weighted by Gasteiger charge is 2.24. The van der Waals surface area contributed by atoms with Gasteiger partial charge in [0.1, 0.15) is 5.75 Å². The fourth-order valence-electron chi connectivity index (χ4n) is 3.29. The Kier molecular flexibility index (Phi) is 5.03. The van der Waals surface area contributed by atoms with Gasteiger partial charge in [-0.25, -0.2) is 4.79 Å². The molecule has 2 N–H and O–H groups in total. The fraction of sp³-hybridized carbons (Fsp3) is 0.300. The molecule has 0 saturated heterocycles. The van der Waals surface area contributed by atoms with Gasteiger partial charge in [0.05, 0.1) is 0 Å². The van der Waals surface area contributed by atoms with Gasteiger partial charge in [-0.1, -0.05) is 24.3 Å². The van der Waals surface area contributed by atoms with Crippen LogP contribution in [0, 0.1) is 6.92 Å². The standard InChI is InChI=1S/C20H21NO4/c1-13-10-16(25-12-20(23)24)8-9-18(13)21-19(22)11-15-7-6-14-4-2-3-5-17(14)15/h2-5,8-10,15H,6-7,11-12H2,1H3,(H,21,22)(H,23,24). The Morgan fingerprint density at radius 3 is 2.80 bits per heavy atom. The molecule has 2 aromatic rings. The Labute approximate surface area is 146 Å². The van der Waals surface area contributed by atoms with Gasteiger partial charge in [-0.3, -0.25) is 4.79 Å². The molecule has 2 aromatic carbocycles. The first-order valence-corrected chi connectivity index (χ1v) is 8.36. The highest BCUT2D eigenvalue weighted by molar-refractivity contribution is 5.92. The number of rotatable bonds is 6. The number of hydrogen-bond donors (Lipinski definition) is 2. The van der Waals surface area contributed by atoms with Crippen molar-refractivity contribution in [3.63, 3.8) is 0 Å². The smallest absolute Gasteiger partial charge is 0.341 e. The molecule has 0 bridgehead atoms. The van der Waals surface area contributed by atoms with E-state index in [1.807, 2.05) is 19.1 Å². The summed E-state index contributed by atoms with van der Waals surface area (Å²) in [4.78, 5) is 23.0. The minimum absolute atomic E-state index is 0.0102. The number of carboxylic acid groups (broad SMARTS) is 1. The van der Waals surface area contributed by atoms with E-state index >= 15 is 0 Å². The van der Waals surface area contributed by atoms with Gasteiger partial charge in [-0.15, -0.1) is 0 Å². The molecule has 5 heteroatoms. The number of aryl methyl sites for hydroxylation is 2. The molecule has 1 aliphatic carbocycles. The van der Waals surface area contributed by atoms with Crippen LogP contribution in [0.5, 0.6) is 5.75 Å². The fourth-order valence-corrected chi connectivity index (χ4v) is 3.29. The maximum absolute atomic E-state index is 12.4. The Morgan fingerprint density at radius 1 is 1.24 bits per heavy atom. The molecule has 5 nitrogen and oxygen atoms in total. The molecular formula is C20H21NO4. The molecule has 1 amide bonds. The number of benzene rings is 2. The van der Waals surface area contributed by atoms with Crippen LogP contribution in [0.25, 0.3) is 0 Å². The summed E-state index contributed by atoms with van der Waals surface area (Å²) in [5, 5.41) is 11.6. The number of carboxylic acids is 1. The van der Waals surface area contributed by atoms with Crippen molar-refractivity contribution in [2.45, 2.75) is 32.1 Å². The van der Waals surface area contributed by atoms with Crippen LogP contribution >= 0.6 is 0 Å². The molecule has 1 aliphatic rings. The van der Waals surface area contributed by atoms with Crippen molar-refractivity contribution in [3.05, 3.63) is 59.2 Å². The third-order valence-electron chi connectivity index (χ3n) is 4.52. The highest BCUT2D eigenvalue weighted by atomic mass is 16.5. The molecule has 25 heavy (non-hydrogen) atoms. The summed E-state index contributed by atoms with van der Waals surface area (Å²) in [7, 11) is 0. The van der Waals surface area contributed by atoms with E-state index in [-0.39, 0.29) is 18.4 Å². The number of nitrogens with one attached hydrogen (secondary N) is 1. The van der Waals surface area contributed by atoms with E-state index in [0.717, 1.165) is 24.1 Å². The number of fused-ring (bicyclic) bond motifs is 1. The van der Waals surface area contributed by atoms with E-state index in [2.05, 4.69) is 17.4 Å². The Hall–Kier alpha value is -2.82. The third-order valence-corrected chi connectivity index (χ3v) is 4.52. The van der Waals surface area contributed by atoms with Crippen LogP contribution in [-0.4, -0.2) is 23.6 Å². The van der Waals surface area contributed by atoms with Crippen LogP contribution in [0.2, 0.25) is 0 Å². The Morgan fingerprint density at radius 2 is 2.04 bits per heavy atom. The first-order chi connectivity index (χ1) is 12.0. The zero-order valence-corrected chi connectivity index (χ0v) is 14.1. The Balaban J connectivity index is 1.61. The lowest BCUT2D eigenvalue weighted by atomic mass is 9.97. The van der Waals surface area contributed by atoms with E-state index in [4.69, 9.17) is 9.84 Å². The van der Waals surface area contributed by atoms with E-state index in [9.17, 15) is 9.59 Å². The summed E-state index contributed by atoms with van der Waals surface area (Å²) < 4.78 is 5.14. The number of carbonyl (C=O) groups excluding carboxylic acids is 1. The van der Waals surface area contributed by atoms with Gasteiger partial charge in [0.15, 0.2) is 6.61 Å². The van der Waals surface area contributed by atoms with Crippen LogP contribution in [0.4, 0.5) is 5.69 Å². The maximum atomic E-state index is 12.4. The van der Waals surface area contributed by atoms with Crippen LogP contribution in [0.1, 0.15) is 35.4 Å². The van der Waals surface area contributed by atoms with Gasteiger partial charge in [0.25, 0.3) is 0 Å². The first kappa shape index (κ1) is 17.0. The second-order valence-electron chi connectivity index (χ2n) is 6.35. The average molecular weight is 339 g/mol. The molecule has 1 unspecified atom stereocenters. The van der Waals surface area contributed by atoms with Crippen molar-refractivity contribution in [1.29, 1.82) is 0 Å². The van der Waals surface area contributed by atoms with Crippen molar-refractivity contribution in [2.75, 3.05) is 11.9 Å². The predicted octanol–water partition coefficient (Wildman–Crippen LogP) is 3.52. The Bertz CT molecular complexity index is 800. The molecule has 3 rings (SSSR count). The van der Waals surface area contributed by atoms with Crippen molar-refractivity contribution >= 4 is 17.6 Å². The molecule has 1 atom stereocenters. The number of ether oxygens (including phenoxy) is 1. The lowest BCUT2D eigenvalue weighted by Crippen LogP contribution is -2.15. The number of anilines is 1. The summed E-state index contributed by atoms with van der Waals surface area (Å²) in [5.74, 6) is -0.284. The van der Waals surface area contributed by atoms with Gasteiger partial charge >= 0.3 is 5.97 Å². The maximum Gasteiger partial charge on any atom is 0.341 e. The van der Waals surface area contributed by atoms with Crippen LogP contribution in [-0.2, 0) is 16.0 Å². The number of carbonyl (C=O) groups is 2. The van der Waals surface area contributed by atoms with Gasteiger partial charge in [0.2, 0.25) is 5.91 Å². The predicted molar refractivity (Wildman–Crippen MR) is 95.1 cm³/mol. The van der Waals surface area contributed by atoms with E-state index in [0.29, 0.717) is 12.2 Å². The number of hydrogen-bond acceptors (Lipinski definition) is 3. The van der Waals surface area contributed by atoms with Gasteiger partial charge in [0, 0.05) is 12.1 Å². The second kappa shape index (κ2) is 7.38. The summed E-state index contributed by atoms with van der Waals surface area (Å²) in [6.45, 7) is 1.47. The second-order valence-corrected chi connectivity index (χ2v) is 6.35. The minimum Gasteiger partial charge on any atom is -0.482 e. The number of aliphatic carboxylic acids is 1. The van der Waals surface area contributed by atoms with Crippen LogP contribution in [0.15, 0.2) is 42.5 Å². The summed E-state index contributed by atoms with van der Waals surface area (Å²) >= 11 is 0. The van der Waals surface area contributed by atoms with Gasteiger partial charge in [-0.2, -0.15) is 0 Å². The molecule has 0 radical (unpaired) electrons. The molecule has 130 valence electrons. The van der Waals surface area contributed by atoms with Crippen molar-refractivity contribution in [1.82, 2.24) is 0 Å². The average Bonchev–Trinajstić information content (AvgIpc) is 2.98. The lowest BCUT2D eigenvalue weighted by Gasteiger charge is -2.14. The van der Waals surface area contributed by atoms with Crippen molar-refractivity contribution in [3.8, 4) is 5.75 Å². The highest BCUT2D eigenvalue weighted by Crippen LogP contribution is 2.35. The lowest BCUT2D eigenvalue weighted by molar-refractivity contribution is -0.139. The molecule has 0 aliphatic heterocycles. The molecular weight excluding hydrogens is 318 g/mol. The van der Waals surface area contributed by atoms with Gasteiger partial charge < -0.3 is 15.2 Å². The molecule has 0 saturated carbocycles.